The first-order valence-electron chi connectivity index (χ1n) is 23.6. The van der Waals surface area contributed by atoms with Crippen LogP contribution in [-0.4, -0.2) is 0 Å². The molecular weight excluding hydrogens is 894 g/mol. The summed E-state index contributed by atoms with van der Waals surface area (Å²) in [7, 11) is 0. The smallest absolute Gasteiger partial charge is 0.168 e. The molecule has 0 unspecified atom stereocenters. The fourth-order valence-electron chi connectivity index (χ4n) is 7.10. The van der Waals surface area contributed by atoms with Crippen LogP contribution in [-0.2, 0) is 19.6 Å². The number of aryl methyl sites for hydroxylation is 3. The van der Waals surface area contributed by atoms with E-state index in [1.165, 1.54) is 212 Å². The molecule has 0 N–H and O–H groups in total. The first-order chi connectivity index (χ1) is 26.8. The van der Waals surface area contributed by atoms with Crippen LogP contribution in [0.5, 0.6) is 0 Å². The van der Waals surface area contributed by atoms with Crippen LogP contribution in [0.2, 0.25) is 0 Å². The number of halogens is 3. The van der Waals surface area contributed by atoms with Crippen molar-refractivity contribution in [1.82, 2.24) is 0 Å². The average molecular weight is 985 g/mol. The van der Waals surface area contributed by atoms with Gasteiger partial charge in [-0.25, -0.2) is 13.7 Å². The van der Waals surface area contributed by atoms with E-state index in [4.69, 9.17) is 0 Å². The number of hydrogen-bond donors (Lipinski definition) is 0. The summed E-state index contributed by atoms with van der Waals surface area (Å²) in [6.45, 7) is 10.4. The minimum Gasteiger partial charge on any atom is -1.00 e. The third kappa shape index (κ3) is 44.3. The van der Waals surface area contributed by atoms with Crippen LogP contribution >= 0.6 is 0 Å². The molecule has 57 heavy (non-hydrogen) atoms. The topological polar surface area (TPSA) is 11.6 Å². The number of nitrogens with zero attached hydrogens (tertiary/aromatic N) is 3. The zero-order valence-corrected chi connectivity index (χ0v) is 42.2. The zero-order chi connectivity index (χ0) is 38.7. The van der Waals surface area contributed by atoms with Gasteiger partial charge in [0, 0.05) is 55.7 Å². The Labute approximate surface area is 387 Å². The van der Waals surface area contributed by atoms with Crippen molar-refractivity contribution in [1.29, 1.82) is 0 Å². The Morgan fingerprint density at radius 3 is 0.544 bits per heavy atom. The SMILES string of the molecule is CCCCCCCCCCCC[n+]1ccccc1.CCCCCCCCCCCC[n+]1ccccc1.CCCCCCCCCCCC[n+]1ccccc1.[Br-].[Br-].[Br-]. The van der Waals surface area contributed by atoms with Gasteiger partial charge in [-0.15, -0.1) is 0 Å². The fraction of sp³-hybridized carbons (Fsp3) is 0.706. The van der Waals surface area contributed by atoms with Crippen molar-refractivity contribution in [3.63, 3.8) is 0 Å². The minimum atomic E-state index is 0. The number of unbranched alkanes of at least 4 members (excludes halogenated alkanes) is 27. The molecule has 3 aromatic heterocycles. The van der Waals surface area contributed by atoms with E-state index in [1.807, 2.05) is 0 Å². The van der Waals surface area contributed by atoms with Gasteiger partial charge in [0.05, 0.1) is 0 Å². The average Bonchev–Trinajstić information content (AvgIpc) is 3.22. The van der Waals surface area contributed by atoms with Crippen molar-refractivity contribution in [3.8, 4) is 0 Å². The third-order valence-electron chi connectivity index (χ3n) is 10.6. The molecule has 0 aromatic carbocycles. The predicted molar refractivity (Wildman–Crippen MR) is 235 cm³/mol. The summed E-state index contributed by atoms with van der Waals surface area (Å²) in [5.74, 6) is 0. The van der Waals surface area contributed by atoms with E-state index in [2.05, 4.69) is 126 Å². The summed E-state index contributed by atoms with van der Waals surface area (Å²) in [5, 5.41) is 0. The number of rotatable bonds is 33. The lowest BCUT2D eigenvalue weighted by Gasteiger charge is -2.01. The Hall–Kier alpha value is -1.11. The van der Waals surface area contributed by atoms with Gasteiger partial charge < -0.3 is 50.9 Å². The van der Waals surface area contributed by atoms with Gasteiger partial charge in [-0.1, -0.05) is 193 Å². The predicted octanol–water partition coefficient (Wildman–Crippen LogP) is 5.70. The largest absolute Gasteiger partial charge is 1.00 e. The molecule has 6 heteroatoms. The second-order valence-electron chi connectivity index (χ2n) is 15.9. The highest BCUT2D eigenvalue weighted by Gasteiger charge is 2.00. The quantitative estimate of drug-likeness (QED) is 0.0550. The molecule has 0 radical (unpaired) electrons. The van der Waals surface area contributed by atoms with Crippen LogP contribution in [0.3, 0.4) is 0 Å². The lowest BCUT2D eigenvalue weighted by molar-refractivity contribution is -0.697. The maximum atomic E-state index is 2.28. The van der Waals surface area contributed by atoms with E-state index in [0.29, 0.717) is 0 Å². The lowest BCUT2D eigenvalue weighted by Crippen LogP contribution is -3.00. The second-order valence-corrected chi connectivity index (χ2v) is 15.9. The Kier molecular flexibility index (Phi) is 53.9. The van der Waals surface area contributed by atoms with Gasteiger partial charge in [-0.05, 0) is 19.3 Å². The normalized spacial score (nSPS) is 10.2. The molecule has 3 heterocycles. The Morgan fingerprint density at radius 1 is 0.211 bits per heavy atom. The van der Waals surface area contributed by atoms with Crippen molar-refractivity contribution in [2.45, 2.75) is 233 Å². The Bertz CT molecular complexity index is 963. The van der Waals surface area contributed by atoms with E-state index in [1.54, 1.807) is 0 Å². The highest BCUT2D eigenvalue weighted by Crippen LogP contribution is 2.12. The monoisotopic (exact) mass is 981 g/mol. The molecule has 0 aliphatic rings. The molecule has 3 aromatic rings. The van der Waals surface area contributed by atoms with E-state index in [0.717, 1.165) is 0 Å². The van der Waals surface area contributed by atoms with Crippen LogP contribution in [0.25, 0.3) is 0 Å². The van der Waals surface area contributed by atoms with Crippen molar-refractivity contribution >= 4 is 0 Å². The van der Waals surface area contributed by atoms with Gasteiger partial charge >= 0.3 is 0 Å². The molecule has 0 saturated heterocycles. The zero-order valence-electron chi connectivity index (χ0n) is 37.5. The van der Waals surface area contributed by atoms with Gasteiger partial charge in [0.2, 0.25) is 0 Å². The summed E-state index contributed by atoms with van der Waals surface area (Å²) >= 11 is 0. The van der Waals surface area contributed by atoms with E-state index < -0.39 is 0 Å². The third-order valence-corrected chi connectivity index (χ3v) is 10.6. The first-order valence-corrected chi connectivity index (χ1v) is 23.6. The molecule has 0 fully saturated rings. The van der Waals surface area contributed by atoms with Crippen LogP contribution in [0.15, 0.2) is 91.8 Å². The molecule has 3 nitrogen and oxygen atoms in total. The van der Waals surface area contributed by atoms with E-state index >= 15 is 0 Å². The van der Waals surface area contributed by atoms with Crippen molar-refractivity contribution in [3.05, 3.63) is 91.8 Å². The Morgan fingerprint density at radius 2 is 0.368 bits per heavy atom. The molecular formula is C51H90Br3N3. The highest BCUT2D eigenvalue weighted by atomic mass is 79.9. The van der Waals surface area contributed by atoms with Crippen LogP contribution in [0, 0.1) is 0 Å². The molecule has 0 aliphatic carbocycles. The summed E-state index contributed by atoms with van der Waals surface area (Å²) in [5.41, 5.74) is 0. The molecule has 0 atom stereocenters. The second kappa shape index (κ2) is 51.0. The van der Waals surface area contributed by atoms with Crippen molar-refractivity contribution in [2.24, 2.45) is 0 Å². The van der Waals surface area contributed by atoms with Crippen LogP contribution in [0.1, 0.15) is 213 Å². The van der Waals surface area contributed by atoms with Gasteiger partial charge in [-0.2, -0.15) is 0 Å². The molecule has 0 saturated carbocycles. The maximum Gasteiger partial charge on any atom is 0.168 e. The standard InChI is InChI=1S/3C17H30N.3BrH/c3*1-2-3-4-5-6-7-8-9-10-12-15-18-16-13-11-14-17-18;;;/h3*11,13-14,16-17H,2-10,12,15H2,1H3;3*1H/q3*+1;;;/p-3. The van der Waals surface area contributed by atoms with Crippen molar-refractivity contribution < 1.29 is 64.6 Å². The summed E-state index contributed by atoms with van der Waals surface area (Å²) in [6, 6.07) is 18.9. The van der Waals surface area contributed by atoms with Gasteiger partial charge in [0.25, 0.3) is 0 Å². The van der Waals surface area contributed by atoms with Crippen molar-refractivity contribution in [2.75, 3.05) is 0 Å². The molecule has 0 aliphatic heterocycles. The maximum absolute atomic E-state index is 2.28. The summed E-state index contributed by atoms with van der Waals surface area (Å²) in [6.07, 6.45) is 55.4. The van der Waals surface area contributed by atoms with Crippen LogP contribution < -0.4 is 64.6 Å². The highest BCUT2D eigenvalue weighted by molar-refractivity contribution is 4.84. The molecule has 0 bridgehead atoms. The van der Waals surface area contributed by atoms with E-state index in [9.17, 15) is 0 Å². The lowest BCUT2D eigenvalue weighted by atomic mass is 10.1. The minimum absolute atomic E-state index is 0. The molecule has 0 spiro atoms. The number of hydrogen-bond acceptors (Lipinski definition) is 0. The fourth-order valence-corrected chi connectivity index (χ4v) is 7.10. The van der Waals surface area contributed by atoms with Gasteiger partial charge in [-0.3, -0.25) is 0 Å². The number of pyridine rings is 3. The van der Waals surface area contributed by atoms with Crippen LogP contribution in [0.4, 0.5) is 0 Å². The summed E-state index contributed by atoms with van der Waals surface area (Å²) < 4.78 is 6.85. The Balaban J connectivity index is -0.000000748. The summed E-state index contributed by atoms with van der Waals surface area (Å²) in [4.78, 5) is 0. The van der Waals surface area contributed by atoms with E-state index in [-0.39, 0.29) is 50.9 Å². The number of aromatic nitrogens is 3. The van der Waals surface area contributed by atoms with Gasteiger partial charge in [0.15, 0.2) is 37.2 Å². The molecule has 330 valence electrons. The van der Waals surface area contributed by atoms with Gasteiger partial charge in [0.1, 0.15) is 19.6 Å². The first kappa shape index (κ1) is 60.2. The molecule has 3 rings (SSSR count). The molecule has 0 amide bonds.